The Morgan fingerprint density at radius 3 is 2.68 bits per heavy atom. The van der Waals surface area contributed by atoms with E-state index in [0.717, 1.165) is 4.31 Å². The molecule has 0 fully saturated rings. The maximum Gasteiger partial charge on any atom is 0.318 e. The Hall–Kier alpha value is -2.33. The summed E-state index contributed by atoms with van der Waals surface area (Å²) in [6.07, 6.45) is 1.34. The molecule has 1 aromatic carbocycles. The average Bonchev–Trinajstić information content (AvgIpc) is 2.98. The first-order valence-corrected chi connectivity index (χ1v) is 7.83. The number of aliphatic carboxylic acids is 1. The predicted molar refractivity (Wildman–Crippen MR) is 75.8 cm³/mol. The van der Waals surface area contributed by atoms with Gasteiger partial charge in [-0.25, -0.2) is 13.1 Å². The van der Waals surface area contributed by atoms with E-state index in [1.165, 1.54) is 23.1 Å². The van der Waals surface area contributed by atoms with Gasteiger partial charge in [0.05, 0.1) is 10.6 Å². The van der Waals surface area contributed by atoms with E-state index in [0.29, 0.717) is 5.69 Å². The molecule has 0 amide bonds. The van der Waals surface area contributed by atoms with Gasteiger partial charge in [-0.2, -0.15) is 4.31 Å². The van der Waals surface area contributed by atoms with E-state index < -0.39 is 28.6 Å². The molecule has 118 valence electrons. The number of carboxylic acid groups (broad SMARTS) is 1. The van der Waals surface area contributed by atoms with Crippen LogP contribution in [-0.2, 0) is 14.8 Å². The monoisotopic (exact) mass is 325 g/mol. The number of sulfonamides is 1. The molecule has 0 aliphatic carbocycles. The van der Waals surface area contributed by atoms with Crippen LogP contribution in [0.4, 0.5) is 0 Å². The molecule has 0 saturated carbocycles. The lowest BCUT2D eigenvalue weighted by Crippen LogP contribution is -2.40. The Bertz CT molecular complexity index is 758. The van der Waals surface area contributed by atoms with E-state index in [4.69, 9.17) is 5.11 Å². The van der Waals surface area contributed by atoms with Gasteiger partial charge < -0.3 is 5.11 Å². The van der Waals surface area contributed by atoms with Gasteiger partial charge in [-0.1, -0.05) is 6.07 Å². The second-order valence-electron chi connectivity index (χ2n) is 4.79. The first-order chi connectivity index (χ1) is 10.3. The minimum absolute atomic E-state index is 0.0181. The van der Waals surface area contributed by atoms with E-state index in [2.05, 4.69) is 15.5 Å². The second-order valence-corrected chi connectivity index (χ2v) is 6.68. The highest BCUT2D eigenvalue weighted by atomic mass is 32.2. The number of carboxylic acids is 1. The van der Waals surface area contributed by atoms with Crippen molar-refractivity contribution in [3.63, 3.8) is 0 Å². The maximum atomic E-state index is 12.6. The van der Waals surface area contributed by atoms with Crippen LogP contribution >= 0.6 is 0 Å². The van der Waals surface area contributed by atoms with Crippen LogP contribution in [0.1, 0.15) is 13.8 Å². The van der Waals surface area contributed by atoms with Crippen LogP contribution in [-0.4, -0.2) is 56.6 Å². The minimum atomic E-state index is -3.94. The summed E-state index contributed by atoms with van der Waals surface area (Å²) in [6, 6.07) is 5.50. The van der Waals surface area contributed by atoms with Crippen LogP contribution in [0.25, 0.3) is 5.69 Å². The molecule has 10 heteroatoms. The molecule has 0 atom stereocenters. The SMILES string of the molecule is CC(C)N(CC(=O)O)S(=O)(=O)c1cccc(-n2cnnn2)c1. The Labute approximate surface area is 127 Å². The molecule has 22 heavy (non-hydrogen) atoms. The quantitative estimate of drug-likeness (QED) is 0.802. The Balaban J connectivity index is 2.44. The van der Waals surface area contributed by atoms with E-state index in [-0.39, 0.29) is 4.90 Å². The van der Waals surface area contributed by atoms with Crippen molar-refractivity contribution in [3.8, 4) is 5.69 Å². The summed E-state index contributed by atoms with van der Waals surface area (Å²) >= 11 is 0. The lowest BCUT2D eigenvalue weighted by molar-refractivity contribution is -0.137. The van der Waals surface area contributed by atoms with Crippen LogP contribution in [0.15, 0.2) is 35.5 Å². The van der Waals surface area contributed by atoms with E-state index in [1.54, 1.807) is 26.0 Å². The van der Waals surface area contributed by atoms with Crippen molar-refractivity contribution >= 4 is 16.0 Å². The highest BCUT2D eigenvalue weighted by molar-refractivity contribution is 7.89. The zero-order valence-electron chi connectivity index (χ0n) is 12.0. The number of hydrogen-bond acceptors (Lipinski definition) is 6. The average molecular weight is 325 g/mol. The summed E-state index contributed by atoms with van der Waals surface area (Å²) in [7, 11) is -3.94. The molecule has 0 radical (unpaired) electrons. The molecule has 1 heterocycles. The topological polar surface area (TPSA) is 118 Å². The standard InChI is InChI=1S/C12H15N5O4S/c1-9(2)17(7-12(18)19)22(20,21)11-5-3-4-10(6-11)16-8-13-14-15-16/h3-6,8-9H,7H2,1-2H3,(H,18,19). The van der Waals surface area contributed by atoms with Crippen LogP contribution in [0.5, 0.6) is 0 Å². The highest BCUT2D eigenvalue weighted by Crippen LogP contribution is 2.20. The largest absolute Gasteiger partial charge is 0.480 e. The van der Waals surface area contributed by atoms with Crippen molar-refractivity contribution in [1.29, 1.82) is 0 Å². The third-order valence-electron chi connectivity index (χ3n) is 2.90. The fourth-order valence-corrected chi connectivity index (χ4v) is 3.51. The zero-order chi connectivity index (χ0) is 16.3. The molecule has 2 aromatic rings. The fraction of sp³-hybridized carbons (Fsp3) is 0.333. The van der Waals surface area contributed by atoms with Crippen molar-refractivity contribution in [2.75, 3.05) is 6.54 Å². The van der Waals surface area contributed by atoms with Crippen LogP contribution in [0.3, 0.4) is 0 Å². The van der Waals surface area contributed by atoms with E-state index in [9.17, 15) is 13.2 Å². The van der Waals surface area contributed by atoms with Gasteiger partial charge in [0.1, 0.15) is 12.9 Å². The first kappa shape index (κ1) is 16.0. The third kappa shape index (κ3) is 3.28. The molecule has 2 rings (SSSR count). The smallest absolute Gasteiger partial charge is 0.318 e. The Morgan fingerprint density at radius 1 is 1.41 bits per heavy atom. The van der Waals surface area contributed by atoms with Crippen LogP contribution in [0.2, 0.25) is 0 Å². The molecule has 1 aromatic heterocycles. The fourth-order valence-electron chi connectivity index (χ4n) is 1.88. The van der Waals surface area contributed by atoms with Gasteiger partial charge in [0.25, 0.3) is 0 Å². The molecular weight excluding hydrogens is 310 g/mol. The minimum Gasteiger partial charge on any atom is -0.480 e. The molecule has 0 spiro atoms. The number of rotatable bonds is 6. The third-order valence-corrected chi connectivity index (χ3v) is 4.92. The zero-order valence-corrected chi connectivity index (χ0v) is 12.8. The Morgan fingerprint density at radius 2 is 2.14 bits per heavy atom. The maximum absolute atomic E-state index is 12.6. The van der Waals surface area contributed by atoms with Gasteiger partial charge in [0, 0.05) is 6.04 Å². The summed E-state index contributed by atoms with van der Waals surface area (Å²) in [5, 5.41) is 19.6. The van der Waals surface area contributed by atoms with Crippen molar-refractivity contribution in [2.24, 2.45) is 0 Å². The van der Waals surface area contributed by atoms with Crippen molar-refractivity contribution in [1.82, 2.24) is 24.5 Å². The van der Waals surface area contributed by atoms with Crippen molar-refractivity contribution in [3.05, 3.63) is 30.6 Å². The summed E-state index contributed by atoms with van der Waals surface area (Å²) in [5.74, 6) is -1.21. The molecule has 9 nitrogen and oxygen atoms in total. The molecule has 0 aliphatic heterocycles. The predicted octanol–water partition coefficient (Wildman–Crippen LogP) is 0.146. The number of nitrogens with zero attached hydrogens (tertiary/aromatic N) is 5. The van der Waals surface area contributed by atoms with E-state index >= 15 is 0 Å². The second kappa shape index (κ2) is 6.20. The number of benzene rings is 1. The number of hydrogen-bond donors (Lipinski definition) is 1. The lowest BCUT2D eigenvalue weighted by atomic mass is 10.3. The van der Waals surface area contributed by atoms with Crippen molar-refractivity contribution < 1.29 is 18.3 Å². The van der Waals surface area contributed by atoms with Gasteiger partial charge in [-0.05, 0) is 42.5 Å². The first-order valence-electron chi connectivity index (χ1n) is 6.39. The normalized spacial score (nSPS) is 12.0. The van der Waals surface area contributed by atoms with Crippen LogP contribution < -0.4 is 0 Å². The van der Waals surface area contributed by atoms with Gasteiger partial charge in [-0.3, -0.25) is 4.79 Å². The summed E-state index contributed by atoms with van der Waals surface area (Å²) in [4.78, 5) is 10.9. The lowest BCUT2D eigenvalue weighted by Gasteiger charge is -2.24. The van der Waals surface area contributed by atoms with Crippen LogP contribution in [0, 0.1) is 0 Å². The van der Waals surface area contributed by atoms with Gasteiger partial charge >= 0.3 is 5.97 Å². The molecule has 0 bridgehead atoms. The molecule has 1 N–H and O–H groups in total. The summed E-state index contributed by atoms with van der Waals surface area (Å²) in [5.41, 5.74) is 0.463. The molecule has 0 unspecified atom stereocenters. The Kier molecular flexibility index (Phi) is 4.52. The summed E-state index contributed by atoms with van der Waals surface area (Å²) in [6.45, 7) is 2.63. The molecular formula is C12H15N5O4S. The molecule has 0 saturated heterocycles. The molecule has 0 aliphatic rings. The highest BCUT2D eigenvalue weighted by Gasteiger charge is 2.29. The van der Waals surface area contributed by atoms with Gasteiger partial charge in [-0.15, -0.1) is 5.10 Å². The number of tetrazole rings is 1. The van der Waals surface area contributed by atoms with Crippen molar-refractivity contribution in [2.45, 2.75) is 24.8 Å². The van der Waals surface area contributed by atoms with E-state index in [1.807, 2.05) is 0 Å². The van der Waals surface area contributed by atoms with Gasteiger partial charge in [0.2, 0.25) is 10.0 Å². The summed E-state index contributed by atoms with van der Waals surface area (Å²) < 4.78 is 27.5. The number of carbonyl (C=O) groups is 1. The number of aromatic nitrogens is 4. The van der Waals surface area contributed by atoms with Gasteiger partial charge in [0.15, 0.2) is 0 Å².